The summed E-state index contributed by atoms with van der Waals surface area (Å²) >= 11 is 0. The first-order chi connectivity index (χ1) is 7.72. The zero-order valence-corrected chi connectivity index (χ0v) is 8.93. The Morgan fingerprint density at radius 2 is 2.25 bits per heavy atom. The van der Waals surface area contributed by atoms with Crippen LogP contribution in [-0.2, 0) is 20.7 Å². The Morgan fingerprint density at radius 1 is 1.50 bits per heavy atom. The highest BCUT2D eigenvalue weighted by Gasteiger charge is 2.44. The fourth-order valence-corrected chi connectivity index (χ4v) is 1.83. The predicted octanol–water partition coefficient (Wildman–Crippen LogP) is 1.12. The van der Waals surface area contributed by atoms with Gasteiger partial charge in [0.05, 0.1) is 7.11 Å². The van der Waals surface area contributed by atoms with Crippen LogP contribution in [0.3, 0.4) is 0 Å². The third-order valence-electron chi connectivity index (χ3n) is 2.75. The Morgan fingerprint density at radius 3 is 2.94 bits per heavy atom. The van der Waals surface area contributed by atoms with Gasteiger partial charge < -0.3 is 9.47 Å². The summed E-state index contributed by atoms with van der Waals surface area (Å²) in [5, 5.41) is 0. The Kier molecular flexibility index (Phi) is 2.64. The highest BCUT2D eigenvalue weighted by Crippen LogP contribution is 2.32. The molecule has 0 bridgehead atoms. The molecule has 0 saturated heterocycles. The predicted molar refractivity (Wildman–Crippen MR) is 56.2 cm³/mol. The molecule has 4 nitrogen and oxygen atoms in total. The minimum atomic E-state index is -1.47. The molecule has 0 fully saturated rings. The molecule has 0 radical (unpaired) electrons. The lowest BCUT2D eigenvalue weighted by Crippen LogP contribution is -2.49. The van der Waals surface area contributed by atoms with Gasteiger partial charge in [-0.2, -0.15) is 0 Å². The van der Waals surface area contributed by atoms with Crippen LogP contribution >= 0.6 is 0 Å². The number of para-hydroxylation sites is 1. The highest BCUT2D eigenvalue weighted by atomic mass is 16.6. The number of hydrogen-bond donors (Lipinski definition) is 0. The summed E-state index contributed by atoms with van der Waals surface area (Å²) in [6.45, 7) is 0. The molecule has 1 aliphatic heterocycles. The number of carbonyl (C=O) groups excluding carboxylic acids is 2. The molecule has 0 spiro atoms. The topological polar surface area (TPSA) is 52.6 Å². The zero-order chi connectivity index (χ0) is 11.6. The number of ether oxygens (including phenoxy) is 2. The molecule has 0 saturated carbocycles. The average Bonchev–Trinajstić information content (AvgIpc) is 2.37. The first-order valence-corrected chi connectivity index (χ1v) is 5.03. The van der Waals surface area contributed by atoms with Gasteiger partial charge in [0.2, 0.25) is 0 Å². The number of aldehydes is 1. The van der Waals surface area contributed by atoms with E-state index in [0.29, 0.717) is 24.9 Å². The molecule has 84 valence electrons. The quantitative estimate of drug-likeness (QED) is 0.426. The van der Waals surface area contributed by atoms with Gasteiger partial charge in [0.25, 0.3) is 5.60 Å². The van der Waals surface area contributed by atoms with Gasteiger partial charge in [-0.05, 0) is 18.1 Å². The van der Waals surface area contributed by atoms with E-state index in [1.807, 2.05) is 12.1 Å². The maximum Gasteiger partial charge on any atom is 0.357 e. The highest BCUT2D eigenvalue weighted by molar-refractivity contribution is 5.97. The molecular formula is C12H12O4. The van der Waals surface area contributed by atoms with Gasteiger partial charge in [0, 0.05) is 6.42 Å². The Bertz CT molecular complexity index is 427. The number of benzene rings is 1. The summed E-state index contributed by atoms with van der Waals surface area (Å²) in [7, 11) is 1.25. The molecule has 0 amide bonds. The van der Waals surface area contributed by atoms with Gasteiger partial charge in [0.15, 0.2) is 6.29 Å². The van der Waals surface area contributed by atoms with Crippen molar-refractivity contribution in [1.29, 1.82) is 0 Å². The normalized spacial score (nSPS) is 22.8. The van der Waals surface area contributed by atoms with Crippen LogP contribution in [0.4, 0.5) is 0 Å². The van der Waals surface area contributed by atoms with Crippen molar-refractivity contribution in [2.45, 2.75) is 18.4 Å². The second-order valence-corrected chi connectivity index (χ2v) is 3.71. The number of fused-ring (bicyclic) bond motifs is 1. The van der Waals surface area contributed by atoms with Crippen molar-refractivity contribution >= 4 is 12.3 Å². The van der Waals surface area contributed by atoms with Gasteiger partial charge in [-0.1, -0.05) is 18.2 Å². The number of rotatable bonds is 2. The summed E-state index contributed by atoms with van der Waals surface area (Å²) < 4.78 is 10.1. The molecule has 1 aliphatic rings. The Hall–Kier alpha value is -1.84. The van der Waals surface area contributed by atoms with Crippen molar-refractivity contribution in [2.75, 3.05) is 7.11 Å². The van der Waals surface area contributed by atoms with Gasteiger partial charge in [-0.25, -0.2) is 4.79 Å². The number of carbonyl (C=O) groups is 2. The van der Waals surface area contributed by atoms with E-state index in [0.717, 1.165) is 5.56 Å². The fraction of sp³-hybridized carbons (Fsp3) is 0.333. The van der Waals surface area contributed by atoms with Gasteiger partial charge in [0.1, 0.15) is 5.75 Å². The minimum Gasteiger partial charge on any atom is -0.468 e. The Labute approximate surface area is 93.2 Å². The summed E-state index contributed by atoms with van der Waals surface area (Å²) in [5.41, 5.74) is -0.466. The lowest BCUT2D eigenvalue weighted by atomic mass is 9.92. The first kappa shape index (κ1) is 10.7. The van der Waals surface area contributed by atoms with Crippen molar-refractivity contribution in [2.24, 2.45) is 0 Å². The van der Waals surface area contributed by atoms with Crippen molar-refractivity contribution in [3.63, 3.8) is 0 Å². The molecule has 4 heteroatoms. The average molecular weight is 220 g/mol. The van der Waals surface area contributed by atoms with Crippen molar-refractivity contribution in [1.82, 2.24) is 0 Å². The number of hydrogen-bond acceptors (Lipinski definition) is 4. The third kappa shape index (κ3) is 1.56. The van der Waals surface area contributed by atoms with E-state index in [4.69, 9.17) is 4.74 Å². The molecule has 0 N–H and O–H groups in total. The van der Waals surface area contributed by atoms with E-state index in [1.54, 1.807) is 12.1 Å². The molecule has 1 aromatic carbocycles. The molecular weight excluding hydrogens is 208 g/mol. The van der Waals surface area contributed by atoms with Gasteiger partial charge >= 0.3 is 5.97 Å². The second-order valence-electron chi connectivity index (χ2n) is 3.71. The number of esters is 1. The smallest absolute Gasteiger partial charge is 0.357 e. The van der Waals surface area contributed by atoms with Crippen molar-refractivity contribution in [3.05, 3.63) is 29.8 Å². The van der Waals surface area contributed by atoms with Gasteiger partial charge in [-0.15, -0.1) is 0 Å². The lowest BCUT2D eigenvalue weighted by Gasteiger charge is -2.31. The van der Waals surface area contributed by atoms with Crippen LogP contribution in [-0.4, -0.2) is 25.0 Å². The van der Waals surface area contributed by atoms with Crippen LogP contribution in [0.25, 0.3) is 0 Å². The van der Waals surface area contributed by atoms with Crippen LogP contribution < -0.4 is 4.74 Å². The van der Waals surface area contributed by atoms with Crippen molar-refractivity contribution < 1.29 is 19.1 Å². The van der Waals surface area contributed by atoms with Crippen LogP contribution in [0.5, 0.6) is 5.75 Å². The monoisotopic (exact) mass is 220 g/mol. The summed E-state index contributed by atoms with van der Waals surface area (Å²) in [5.74, 6) is -0.0664. The third-order valence-corrected chi connectivity index (χ3v) is 2.75. The van der Waals surface area contributed by atoms with Crippen LogP contribution in [0.15, 0.2) is 24.3 Å². The van der Waals surface area contributed by atoms with Gasteiger partial charge in [-0.3, -0.25) is 4.79 Å². The van der Waals surface area contributed by atoms with E-state index in [1.165, 1.54) is 7.11 Å². The van der Waals surface area contributed by atoms with E-state index >= 15 is 0 Å². The van der Waals surface area contributed by atoms with E-state index in [-0.39, 0.29) is 0 Å². The molecule has 16 heavy (non-hydrogen) atoms. The molecule has 2 rings (SSSR count). The van der Waals surface area contributed by atoms with Crippen molar-refractivity contribution in [3.8, 4) is 5.75 Å². The molecule has 1 unspecified atom stereocenters. The standard InChI is InChI=1S/C12H12O4/c1-15-11(14)12(8-13)7-6-9-4-2-3-5-10(9)16-12/h2-5,8H,6-7H2,1H3. The maximum absolute atomic E-state index is 11.6. The molecule has 1 heterocycles. The Balaban J connectivity index is 2.35. The second kappa shape index (κ2) is 3.96. The van der Waals surface area contributed by atoms with E-state index in [9.17, 15) is 9.59 Å². The molecule has 1 aromatic rings. The summed E-state index contributed by atoms with van der Waals surface area (Å²) in [6.07, 6.45) is 1.47. The fourth-order valence-electron chi connectivity index (χ4n) is 1.83. The summed E-state index contributed by atoms with van der Waals surface area (Å²) in [4.78, 5) is 22.6. The van der Waals surface area contributed by atoms with E-state index < -0.39 is 11.6 Å². The molecule has 1 atom stereocenters. The SMILES string of the molecule is COC(=O)C1(C=O)CCc2ccccc2O1. The molecule has 0 aromatic heterocycles. The van der Waals surface area contributed by atoms with Crippen LogP contribution in [0, 0.1) is 0 Å². The van der Waals surface area contributed by atoms with Crippen LogP contribution in [0.2, 0.25) is 0 Å². The minimum absolute atomic E-state index is 0.320. The lowest BCUT2D eigenvalue weighted by molar-refractivity contribution is -0.162. The first-order valence-electron chi connectivity index (χ1n) is 5.03. The number of aryl methyl sites for hydroxylation is 1. The largest absolute Gasteiger partial charge is 0.468 e. The maximum atomic E-state index is 11.6. The van der Waals surface area contributed by atoms with Crippen LogP contribution in [0.1, 0.15) is 12.0 Å². The number of methoxy groups -OCH3 is 1. The molecule has 0 aliphatic carbocycles. The zero-order valence-electron chi connectivity index (χ0n) is 8.93. The summed E-state index contributed by atoms with van der Waals surface area (Å²) in [6, 6.07) is 7.36. The van der Waals surface area contributed by atoms with E-state index in [2.05, 4.69) is 4.74 Å².